The number of piperidine rings is 1. The molecule has 1 aromatic heterocycles. The van der Waals surface area contributed by atoms with E-state index in [1.165, 1.54) is 48.2 Å². The number of anilines is 1. The zero-order chi connectivity index (χ0) is 30.7. The van der Waals surface area contributed by atoms with E-state index in [1.807, 2.05) is 13.0 Å². The zero-order valence-electron chi connectivity index (χ0n) is 24.0. The molecular formula is C32H33ClF2N4O4. The summed E-state index contributed by atoms with van der Waals surface area (Å²) in [6, 6.07) is 12.8. The number of likely N-dealkylation sites (N-methyl/N-ethyl adjacent to an activating group) is 1. The van der Waals surface area contributed by atoms with Crippen molar-refractivity contribution in [2.75, 3.05) is 37.6 Å². The molecule has 0 radical (unpaired) electrons. The molecule has 0 N–H and O–H groups in total. The summed E-state index contributed by atoms with van der Waals surface area (Å²) < 4.78 is 33.4. The van der Waals surface area contributed by atoms with E-state index in [2.05, 4.69) is 9.88 Å². The topological polar surface area (TPSA) is 83.0 Å². The number of benzene rings is 2. The van der Waals surface area contributed by atoms with E-state index >= 15 is 0 Å². The van der Waals surface area contributed by atoms with Crippen molar-refractivity contribution in [1.29, 1.82) is 0 Å². The Morgan fingerprint density at radius 1 is 1.02 bits per heavy atom. The highest BCUT2D eigenvalue weighted by molar-refractivity contribution is 6.30. The van der Waals surface area contributed by atoms with Crippen molar-refractivity contribution >= 4 is 35.2 Å². The number of halogens is 3. The third-order valence-electron chi connectivity index (χ3n) is 8.29. The molecule has 5 rings (SSSR count). The molecule has 2 atom stereocenters. The number of aromatic nitrogens is 1. The molecule has 3 heterocycles. The first kappa shape index (κ1) is 30.4. The van der Waals surface area contributed by atoms with Gasteiger partial charge in [0.05, 0.1) is 11.1 Å². The van der Waals surface area contributed by atoms with Crippen LogP contribution in [0.25, 0.3) is 0 Å². The van der Waals surface area contributed by atoms with E-state index in [-0.39, 0.29) is 47.4 Å². The predicted molar refractivity (Wildman–Crippen MR) is 159 cm³/mol. The summed E-state index contributed by atoms with van der Waals surface area (Å²) in [5.74, 6) is -0.702. The number of Topliss-reactive ketones (excluding diaryl/α,β-unsaturated/α-hetero) is 1. The van der Waals surface area contributed by atoms with Crippen LogP contribution in [0.1, 0.15) is 48.5 Å². The van der Waals surface area contributed by atoms with Gasteiger partial charge < -0.3 is 19.4 Å². The Bertz CT molecular complexity index is 1480. The van der Waals surface area contributed by atoms with Crippen LogP contribution in [0.3, 0.4) is 0 Å². The summed E-state index contributed by atoms with van der Waals surface area (Å²) in [6.45, 7) is 5.43. The Balaban J connectivity index is 1.31. The monoisotopic (exact) mass is 610 g/mol. The Kier molecular flexibility index (Phi) is 9.25. The Morgan fingerprint density at radius 3 is 2.35 bits per heavy atom. The summed E-state index contributed by atoms with van der Waals surface area (Å²) in [5, 5.41) is -0.00789. The van der Waals surface area contributed by atoms with Crippen LogP contribution in [0.4, 0.5) is 19.4 Å². The molecule has 11 heteroatoms. The van der Waals surface area contributed by atoms with Crippen LogP contribution < -0.4 is 9.64 Å². The van der Waals surface area contributed by atoms with Gasteiger partial charge in [0, 0.05) is 56.3 Å². The number of ketones is 1. The number of ether oxygens (including phenoxy) is 1. The summed E-state index contributed by atoms with van der Waals surface area (Å²) in [7, 11) is 0. The largest absolute Gasteiger partial charge is 0.415 e. The lowest BCUT2D eigenvalue weighted by atomic mass is 9.93. The van der Waals surface area contributed by atoms with E-state index in [1.54, 1.807) is 23.2 Å². The fourth-order valence-corrected chi connectivity index (χ4v) is 6.03. The molecule has 226 valence electrons. The average Bonchev–Trinajstić information content (AvgIpc) is 3.45. The molecule has 3 aromatic rings. The second kappa shape index (κ2) is 13.1. The number of amides is 2. The molecule has 0 aliphatic carbocycles. The van der Waals surface area contributed by atoms with Gasteiger partial charge in [0.1, 0.15) is 23.2 Å². The van der Waals surface area contributed by atoms with Crippen molar-refractivity contribution in [1.82, 2.24) is 14.8 Å². The molecule has 2 fully saturated rings. The molecule has 0 bridgehead atoms. The number of nitrogens with zero attached hydrogens (tertiary/aromatic N) is 4. The van der Waals surface area contributed by atoms with Gasteiger partial charge in [-0.15, -0.1) is 0 Å². The van der Waals surface area contributed by atoms with E-state index in [0.29, 0.717) is 43.6 Å². The minimum atomic E-state index is -0.635. The molecule has 2 aliphatic rings. The van der Waals surface area contributed by atoms with Crippen LogP contribution in [0, 0.1) is 17.6 Å². The van der Waals surface area contributed by atoms with Crippen LogP contribution in [0.15, 0.2) is 60.8 Å². The van der Waals surface area contributed by atoms with Crippen molar-refractivity contribution in [3.8, 4) is 5.75 Å². The first-order chi connectivity index (χ1) is 20.6. The third kappa shape index (κ3) is 6.80. The van der Waals surface area contributed by atoms with Gasteiger partial charge in [-0.3, -0.25) is 9.59 Å². The summed E-state index contributed by atoms with van der Waals surface area (Å²) >= 11 is 5.95. The Labute approximate surface area is 254 Å². The number of hydrogen-bond donors (Lipinski definition) is 0. The van der Waals surface area contributed by atoms with Crippen molar-refractivity contribution in [2.24, 2.45) is 5.92 Å². The van der Waals surface area contributed by atoms with Gasteiger partial charge in [0.15, 0.2) is 5.78 Å². The van der Waals surface area contributed by atoms with Gasteiger partial charge in [0.25, 0.3) is 0 Å². The number of pyridine rings is 1. The fraction of sp³-hybridized carbons (Fsp3) is 0.375. The van der Waals surface area contributed by atoms with E-state index in [9.17, 15) is 23.2 Å². The molecule has 0 spiro atoms. The smallest absolute Gasteiger partial charge is 0.410 e. The zero-order valence-corrected chi connectivity index (χ0v) is 24.8. The maximum absolute atomic E-state index is 14.5. The van der Waals surface area contributed by atoms with Crippen LogP contribution in [0.5, 0.6) is 5.75 Å². The fourth-order valence-electron chi connectivity index (χ4n) is 5.91. The minimum Gasteiger partial charge on any atom is -0.410 e. The highest BCUT2D eigenvalue weighted by atomic mass is 35.5. The Morgan fingerprint density at radius 2 is 1.74 bits per heavy atom. The highest BCUT2D eigenvalue weighted by Crippen LogP contribution is 2.35. The molecule has 2 aliphatic heterocycles. The highest BCUT2D eigenvalue weighted by Gasteiger charge is 2.43. The number of hydrogen-bond acceptors (Lipinski definition) is 6. The number of carbonyl (C=O) groups excluding carboxylic acids is 3. The van der Waals surface area contributed by atoms with Gasteiger partial charge >= 0.3 is 6.09 Å². The molecule has 2 aromatic carbocycles. The summed E-state index contributed by atoms with van der Waals surface area (Å²) in [6.07, 6.45) is 2.19. The minimum absolute atomic E-state index is 0.00789. The van der Waals surface area contributed by atoms with Gasteiger partial charge in [-0.25, -0.2) is 18.6 Å². The lowest BCUT2D eigenvalue weighted by Crippen LogP contribution is -2.47. The third-order valence-corrected chi connectivity index (χ3v) is 8.60. The predicted octanol–water partition coefficient (Wildman–Crippen LogP) is 5.95. The summed E-state index contributed by atoms with van der Waals surface area (Å²) in [5.41, 5.74) is 1.18. The lowest BCUT2D eigenvalue weighted by molar-refractivity contribution is -0.135. The first-order valence-electron chi connectivity index (χ1n) is 14.3. The molecule has 2 amide bonds. The van der Waals surface area contributed by atoms with E-state index in [0.717, 1.165) is 5.82 Å². The van der Waals surface area contributed by atoms with Crippen molar-refractivity contribution in [3.05, 3.63) is 88.6 Å². The average molecular weight is 611 g/mol. The molecule has 43 heavy (non-hydrogen) atoms. The van der Waals surface area contributed by atoms with Crippen LogP contribution in [-0.4, -0.2) is 71.3 Å². The maximum atomic E-state index is 14.5. The molecule has 2 unspecified atom stereocenters. The number of carbonyl (C=O) groups is 3. The van der Waals surface area contributed by atoms with Crippen LogP contribution >= 0.6 is 11.6 Å². The van der Waals surface area contributed by atoms with E-state index in [4.69, 9.17) is 16.3 Å². The summed E-state index contributed by atoms with van der Waals surface area (Å²) in [4.78, 5) is 48.5. The number of likely N-dealkylation sites (tertiary alicyclic amines) is 1. The van der Waals surface area contributed by atoms with Crippen LogP contribution in [-0.2, 0) is 4.79 Å². The number of rotatable bonds is 7. The molecule has 8 nitrogen and oxygen atoms in total. The van der Waals surface area contributed by atoms with Crippen molar-refractivity contribution in [2.45, 2.75) is 38.6 Å². The molecule has 2 saturated heterocycles. The Hall–Kier alpha value is -4.05. The normalized spacial score (nSPS) is 18.9. The van der Waals surface area contributed by atoms with E-state index < -0.39 is 23.8 Å². The lowest BCUT2D eigenvalue weighted by Gasteiger charge is -2.34. The van der Waals surface area contributed by atoms with Gasteiger partial charge in [-0.05, 0) is 80.8 Å². The maximum Gasteiger partial charge on any atom is 0.415 e. The van der Waals surface area contributed by atoms with Gasteiger partial charge in [-0.1, -0.05) is 17.7 Å². The molecule has 0 saturated carbocycles. The SMILES string of the molecule is CCN(C(=O)Oc1ccc(F)cc1)C1CN(C(=O)C2CCN(c3ccc(C(C)=O)cn3)CC2)CC1c1ccc(Cl)c(F)c1. The van der Waals surface area contributed by atoms with Gasteiger partial charge in [0.2, 0.25) is 5.91 Å². The molecular weight excluding hydrogens is 578 g/mol. The van der Waals surface area contributed by atoms with Gasteiger partial charge in [-0.2, -0.15) is 0 Å². The van der Waals surface area contributed by atoms with Crippen LogP contribution in [0.2, 0.25) is 5.02 Å². The quantitative estimate of drug-likeness (QED) is 0.308. The van der Waals surface area contributed by atoms with Crippen molar-refractivity contribution < 1.29 is 27.9 Å². The second-order valence-electron chi connectivity index (χ2n) is 10.9. The standard InChI is InChI=1S/C32H33ClF2N4O4/c1-3-39(32(42)43-25-8-6-24(34)7-9-25)29-19-38(18-26(29)22-4-10-27(33)28(35)16-22)31(41)21-12-14-37(15-13-21)30-11-5-23(17-36-30)20(2)40/h4-11,16-17,21,26,29H,3,12-15,18-19H2,1-2H3. The second-order valence-corrected chi connectivity index (χ2v) is 11.3. The van der Waals surface area contributed by atoms with Crippen molar-refractivity contribution in [3.63, 3.8) is 0 Å². The first-order valence-corrected chi connectivity index (χ1v) is 14.7.